The second-order valence-corrected chi connectivity index (χ2v) is 7.36. The molecule has 16 heavy (non-hydrogen) atoms. The molecular weight excluding hydrogens is 222 g/mol. The summed E-state index contributed by atoms with van der Waals surface area (Å²) in [6.45, 7) is 11.8. The molecule has 4 heteroatoms. The molecule has 1 aliphatic rings. The van der Waals surface area contributed by atoms with Gasteiger partial charge in [-0.2, -0.15) is 11.8 Å². The van der Waals surface area contributed by atoms with Crippen molar-refractivity contribution in [3.05, 3.63) is 0 Å². The van der Waals surface area contributed by atoms with E-state index < -0.39 is 0 Å². The van der Waals surface area contributed by atoms with Gasteiger partial charge in [-0.15, -0.1) is 0 Å². The van der Waals surface area contributed by atoms with E-state index in [9.17, 15) is 0 Å². The number of aliphatic hydroxyl groups is 1. The highest BCUT2D eigenvalue weighted by molar-refractivity contribution is 8.00. The third kappa shape index (κ3) is 5.04. The maximum atomic E-state index is 9.09. The normalized spacial score (nSPS) is 28.3. The van der Waals surface area contributed by atoms with Gasteiger partial charge in [0.25, 0.3) is 0 Å². The highest BCUT2D eigenvalue weighted by Gasteiger charge is 2.25. The molecule has 1 heterocycles. The van der Waals surface area contributed by atoms with Gasteiger partial charge in [0.2, 0.25) is 0 Å². The second kappa shape index (κ2) is 6.24. The van der Waals surface area contributed by atoms with Crippen LogP contribution in [0.15, 0.2) is 0 Å². The van der Waals surface area contributed by atoms with Crippen LogP contribution in [0.2, 0.25) is 0 Å². The summed E-state index contributed by atoms with van der Waals surface area (Å²) in [5.41, 5.74) is 0. The first kappa shape index (κ1) is 14.3. The van der Waals surface area contributed by atoms with Crippen molar-refractivity contribution in [2.45, 2.75) is 44.6 Å². The van der Waals surface area contributed by atoms with E-state index in [2.05, 4.69) is 32.6 Å². The van der Waals surface area contributed by atoms with Crippen LogP contribution in [0.1, 0.15) is 27.7 Å². The van der Waals surface area contributed by atoms with Crippen LogP contribution in [0, 0.1) is 0 Å². The highest BCUT2D eigenvalue weighted by Crippen LogP contribution is 2.23. The highest BCUT2D eigenvalue weighted by atomic mass is 32.2. The lowest BCUT2D eigenvalue weighted by molar-refractivity contribution is -0.0757. The van der Waals surface area contributed by atoms with Crippen molar-refractivity contribution in [3.63, 3.8) is 0 Å². The van der Waals surface area contributed by atoms with E-state index in [4.69, 9.17) is 9.84 Å². The molecule has 1 N–H and O–H groups in total. The van der Waals surface area contributed by atoms with E-state index in [0.717, 1.165) is 25.4 Å². The molecule has 2 atom stereocenters. The van der Waals surface area contributed by atoms with Crippen LogP contribution in [0.3, 0.4) is 0 Å². The summed E-state index contributed by atoms with van der Waals surface area (Å²) in [7, 11) is 0. The van der Waals surface area contributed by atoms with Crippen molar-refractivity contribution in [2.75, 3.05) is 32.1 Å². The van der Waals surface area contributed by atoms with E-state index in [1.165, 1.54) is 0 Å². The summed E-state index contributed by atoms with van der Waals surface area (Å²) in [6, 6.07) is 0.475. The van der Waals surface area contributed by atoms with Gasteiger partial charge in [-0.1, -0.05) is 20.8 Å². The monoisotopic (exact) mass is 247 g/mol. The van der Waals surface area contributed by atoms with Crippen molar-refractivity contribution < 1.29 is 9.84 Å². The van der Waals surface area contributed by atoms with Crippen LogP contribution >= 0.6 is 11.8 Å². The Morgan fingerprint density at radius 2 is 2.12 bits per heavy atom. The lowest BCUT2D eigenvalue weighted by Crippen LogP contribution is -2.50. The molecule has 0 aliphatic carbocycles. The van der Waals surface area contributed by atoms with Crippen LogP contribution in [-0.4, -0.2) is 59.0 Å². The summed E-state index contributed by atoms with van der Waals surface area (Å²) >= 11 is 1.99. The Bertz CT molecular complexity index is 206. The molecule has 1 rings (SSSR count). The molecule has 1 saturated heterocycles. The van der Waals surface area contributed by atoms with Crippen molar-refractivity contribution >= 4 is 11.8 Å². The molecule has 0 amide bonds. The molecule has 0 unspecified atom stereocenters. The number of thioether (sulfide) groups is 1. The first-order valence-corrected chi connectivity index (χ1v) is 7.01. The molecule has 0 saturated carbocycles. The summed E-state index contributed by atoms with van der Waals surface area (Å²) in [4.78, 5) is 2.42. The van der Waals surface area contributed by atoms with E-state index >= 15 is 0 Å². The topological polar surface area (TPSA) is 32.7 Å². The number of nitrogens with zero attached hydrogens (tertiary/aromatic N) is 1. The van der Waals surface area contributed by atoms with Gasteiger partial charge in [-0.25, -0.2) is 0 Å². The summed E-state index contributed by atoms with van der Waals surface area (Å²) < 4.78 is 5.86. The summed E-state index contributed by atoms with van der Waals surface area (Å²) in [5, 5.41) is 9.09. The third-order valence-electron chi connectivity index (χ3n) is 2.75. The summed E-state index contributed by atoms with van der Waals surface area (Å²) in [6.07, 6.45) is 0.0100. The van der Waals surface area contributed by atoms with Crippen molar-refractivity contribution in [2.24, 2.45) is 0 Å². The zero-order valence-corrected chi connectivity index (χ0v) is 11.7. The smallest absolute Gasteiger partial charge is 0.0933 e. The first-order valence-electron chi connectivity index (χ1n) is 6.03. The minimum atomic E-state index is 0.0100. The zero-order chi connectivity index (χ0) is 12.2. The number of hydrogen-bond donors (Lipinski definition) is 1. The van der Waals surface area contributed by atoms with Gasteiger partial charge in [0.15, 0.2) is 0 Å². The van der Waals surface area contributed by atoms with E-state index in [-0.39, 0.29) is 12.7 Å². The predicted octanol–water partition coefficient (Wildman–Crippen LogP) is 1.60. The zero-order valence-electron chi connectivity index (χ0n) is 10.9. The Morgan fingerprint density at radius 3 is 2.69 bits per heavy atom. The number of ether oxygens (including phenoxy) is 1. The Hall–Kier alpha value is 0.230. The number of morpholine rings is 1. The molecule has 0 aromatic heterocycles. The molecule has 0 spiro atoms. The van der Waals surface area contributed by atoms with Gasteiger partial charge in [0.1, 0.15) is 0 Å². The Morgan fingerprint density at radius 1 is 1.44 bits per heavy atom. The maximum absolute atomic E-state index is 9.09. The lowest BCUT2D eigenvalue weighted by atomic mass is 10.2. The van der Waals surface area contributed by atoms with Crippen LogP contribution in [0.25, 0.3) is 0 Å². The average Bonchev–Trinajstić information content (AvgIpc) is 2.19. The van der Waals surface area contributed by atoms with E-state index in [0.29, 0.717) is 10.8 Å². The fourth-order valence-electron chi connectivity index (χ4n) is 1.77. The van der Waals surface area contributed by atoms with Crippen molar-refractivity contribution in [1.82, 2.24) is 4.90 Å². The van der Waals surface area contributed by atoms with E-state index in [1.54, 1.807) is 0 Å². The molecule has 0 aromatic rings. The molecule has 0 aromatic carbocycles. The molecule has 3 nitrogen and oxygen atoms in total. The number of aliphatic hydroxyl groups excluding tert-OH is 1. The Balaban J connectivity index is 2.28. The van der Waals surface area contributed by atoms with Gasteiger partial charge >= 0.3 is 0 Å². The van der Waals surface area contributed by atoms with Crippen molar-refractivity contribution in [1.29, 1.82) is 0 Å². The SMILES string of the molecule is C[C@H]1CO[C@H](CO)CN1CCSC(C)(C)C. The van der Waals surface area contributed by atoms with Gasteiger partial charge in [-0.05, 0) is 6.92 Å². The van der Waals surface area contributed by atoms with E-state index in [1.807, 2.05) is 11.8 Å². The number of rotatable bonds is 4. The van der Waals surface area contributed by atoms with Gasteiger partial charge in [-0.3, -0.25) is 4.90 Å². The van der Waals surface area contributed by atoms with Crippen LogP contribution in [0.4, 0.5) is 0 Å². The van der Waals surface area contributed by atoms with Crippen molar-refractivity contribution in [3.8, 4) is 0 Å². The summed E-state index contributed by atoms with van der Waals surface area (Å²) in [5.74, 6) is 1.14. The molecular formula is C12H25NO2S. The average molecular weight is 247 g/mol. The van der Waals surface area contributed by atoms with Gasteiger partial charge < -0.3 is 9.84 Å². The molecule has 0 radical (unpaired) electrons. The third-order valence-corrected chi connectivity index (χ3v) is 4.00. The Labute approximate surface area is 104 Å². The Kier molecular flexibility index (Phi) is 5.57. The van der Waals surface area contributed by atoms with Gasteiger partial charge in [0.05, 0.1) is 19.3 Å². The van der Waals surface area contributed by atoms with Crippen LogP contribution in [0.5, 0.6) is 0 Å². The minimum absolute atomic E-state index is 0.0100. The lowest BCUT2D eigenvalue weighted by Gasteiger charge is -2.37. The fraction of sp³-hybridized carbons (Fsp3) is 1.00. The molecule has 96 valence electrons. The molecule has 1 aliphatic heterocycles. The maximum Gasteiger partial charge on any atom is 0.0933 e. The largest absolute Gasteiger partial charge is 0.394 e. The van der Waals surface area contributed by atoms with Crippen LogP contribution < -0.4 is 0 Å². The minimum Gasteiger partial charge on any atom is -0.394 e. The molecule has 0 bridgehead atoms. The predicted molar refractivity (Wildman–Crippen MR) is 70.1 cm³/mol. The van der Waals surface area contributed by atoms with Crippen LogP contribution in [-0.2, 0) is 4.74 Å². The second-order valence-electron chi connectivity index (χ2n) is 5.44. The quantitative estimate of drug-likeness (QED) is 0.818. The first-order chi connectivity index (χ1) is 7.42. The van der Waals surface area contributed by atoms with Gasteiger partial charge in [0, 0.05) is 29.6 Å². The fourth-order valence-corrected chi connectivity index (χ4v) is 2.70. The standard InChI is InChI=1S/C12H25NO2S/c1-10-9-15-11(8-14)7-13(10)5-6-16-12(2,3)4/h10-11,14H,5-9H2,1-4H3/t10-,11-/m0/s1. The molecule has 1 fully saturated rings. The number of hydrogen-bond acceptors (Lipinski definition) is 4.